The summed E-state index contributed by atoms with van der Waals surface area (Å²) >= 11 is 0. The number of halogens is 1. The standard InChI is InChI=1S/C20H19FN6O/c1-11(2)18-25-19(26-28-18)23-14-5-6-16(21)15(7-14)17-10-27-9-13(12-3-4-12)8-22-20(27)24-17/h5-12H,3-4H2,1-2H3,(H,23,26). The van der Waals surface area contributed by atoms with E-state index < -0.39 is 0 Å². The van der Waals surface area contributed by atoms with E-state index in [0.29, 0.717) is 40.5 Å². The second kappa shape index (κ2) is 6.40. The largest absolute Gasteiger partial charge is 0.337 e. The Balaban J connectivity index is 1.47. The number of benzene rings is 1. The highest BCUT2D eigenvalue weighted by Crippen LogP contribution is 2.39. The number of nitrogens with one attached hydrogen (secondary N) is 1. The maximum atomic E-state index is 14.5. The van der Waals surface area contributed by atoms with Gasteiger partial charge in [-0.3, -0.25) is 4.40 Å². The molecular formula is C20H19FN6O. The predicted octanol–water partition coefficient (Wildman–Crippen LogP) is 4.66. The van der Waals surface area contributed by atoms with Crippen LogP contribution < -0.4 is 5.32 Å². The average Bonchev–Trinajstić information content (AvgIpc) is 3.27. The lowest BCUT2D eigenvalue weighted by molar-refractivity contribution is 0.366. The van der Waals surface area contributed by atoms with Crippen LogP contribution in [0.5, 0.6) is 0 Å². The molecule has 28 heavy (non-hydrogen) atoms. The number of nitrogens with zero attached hydrogens (tertiary/aromatic N) is 5. The first-order valence-electron chi connectivity index (χ1n) is 9.32. The minimum atomic E-state index is -0.354. The summed E-state index contributed by atoms with van der Waals surface area (Å²) in [4.78, 5) is 13.2. The molecule has 4 aromatic rings. The molecule has 3 heterocycles. The molecule has 0 amide bonds. The molecule has 7 nitrogen and oxygen atoms in total. The van der Waals surface area contributed by atoms with Crippen LogP contribution in [0, 0.1) is 5.82 Å². The zero-order chi connectivity index (χ0) is 19.3. The van der Waals surface area contributed by atoms with E-state index >= 15 is 0 Å². The summed E-state index contributed by atoms with van der Waals surface area (Å²) in [7, 11) is 0. The van der Waals surface area contributed by atoms with Crippen molar-refractivity contribution in [3.63, 3.8) is 0 Å². The van der Waals surface area contributed by atoms with E-state index in [1.54, 1.807) is 12.1 Å². The lowest BCUT2D eigenvalue weighted by atomic mass is 10.1. The van der Waals surface area contributed by atoms with Crippen molar-refractivity contribution in [2.45, 2.75) is 38.5 Å². The van der Waals surface area contributed by atoms with Crippen molar-refractivity contribution in [1.29, 1.82) is 0 Å². The third kappa shape index (κ3) is 3.11. The van der Waals surface area contributed by atoms with Crippen LogP contribution >= 0.6 is 0 Å². The zero-order valence-electron chi connectivity index (χ0n) is 15.6. The van der Waals surface area contributed by atoms with Crippen LogP contribution in [-0.4, -0.2) is 24.5 Å². The van der Waals surface area contributed by atoms with Gasteiger partial charge in [0.15, 0.2) is 0 Å². The van der Waals surface area contributed by atoms with Gasteiger partial charge in [0.25, 0.3) is 5.95 Å². The monoisotopic (exact) mass is 378 g/mol. The first-order valence-corrected chi connectivity index (χ1v) is 9.32. The van der Waals surface area contributed by atoms with Crippen LogP contribution in [0.1, 0.15) is 50.0 Å². The predicted molar refractivity (Wildman–Crippen MR) is 102 cm³/mol. The molecule has 0 atom stereocenters. The van der Waals surface area contributed by atoms with Gasteiger partial charge in [-0.1, -0.05) is 13.8 Å². The number of hydrogen-bond donors (Lipinski definition) is 1. The van der Waals surface area contributed by atoms with E-state index in [-0.39, 0.29) is 11.7 Å². The normalized spacial score (nSPS) is 14.1. The number of aromatic nitrogens is 5. The Bertz CT molecular complexity index is 1160. The first-order chi connectivity index (χ1) is 13.6. The van der Waals surface area contributed by atoms with Crippen molar-refractivity contribution in [1.82, 2.24) is 24.5 Å². The van der Waals surface area contributed by atoms with Gasteiger partial charge in [0, 0.05) is 35.8 Å². The Morgan fingerprint density at radius 1 is 1.21 bits per heavy atom. The number of rotatable bonds is 5. The Labute approximate surface area is 160 Å². The lowest BCUT2D eigenvalue weighted by Gasteiger charge is -2.05. The number of imidazole rings is 1. The SMILES string of the molecule is CC(C)c1nc(Nc2ccc(F)c(-c3cn4cc(C5CC5)cnc4n3)c2)no1. The van der Waals surface area contributed by atoms with Crippen molar-refractivity contribution >= 4 is 17.4 Å². The summed E-state index contributed by atoms with van der Waals surface area (Å²) in [6, 6.07) is 4.71. The third-order valence-corrected chi connectivity index (χ3v) is 4.81. The van der Waals surface area contributed by atoms with Gasteiger partial charge in [-0.25, -0.2) is 14.4 Å². The first kappa shape index (κ1) is 16.9. The molecule has 1 aliphatic carbocycles. The average molecular weight is 378 g/mol. The van der Waals surface area contributed by atoms with Crippen LogP contribution in [0.3, 0.4) is 0 Å². The van der Waals surface area contributed by atoms with Gasteiger partial charge >= 0.3 is 0 Å². The van der Waals surface area contributed by atoms with Crippen LogP contribution in [-0.2, 0) is 0 Å². The highest BCUT2D eigenvalue weighted by molar-refractivity contribution is 5.69. The van der Waals surface area contributed by atoms with Crippen molar-refractivity contribution in [3.05, 3.63) is 54.1 Å². The van der Waals surface area contributed by atoms with Crippen LogP contribution in [0.2, 0.25) is 0 Å². The van der Waals surface area contributed by atoms with Crippen molar-refractivity contribution in [3.8, 4) is 11.3 Å². The number of hydrogen-bond acceptors (Lipinski definition) is 6. The fraction of sp³-hybridized carbons (Fsp3) is 0.300. The molecule has 1 aromatic carbocycles. The molecule has 0 unspecified atom stereocenters. The Hall–Kier alpha value is -3.29. The zero-order valence-corrected chi connectivity index (χ0v) is 15.6. The topological polar surface area (TPSA) is 81.1 Å². The van der Waals surface area contributed by atoms with Gasteiger partial charge in [0.1, 0.15) is 5.82 Å². The molecule has 0 radical (unpaired) electrons. The second-order valence-electron chi connectivity index (χ2n) is 7.43. The Morgan fingerprint density at radius 2 is 2.07 bits per heavy atom. The summed E-state index contributed by atoms with van der Waals surface area (Å²) in [5.74, 6) is 1.81. The summed E-state index contributed by atoms with van der Waals surface area (Å²) < 4.78 is 21.6. The maximum Gasteiger partial charge on any atom is 0.267 e. The molecule has 0 spiro atoms. The van der Waals surface area contributed by atoms with Gasteiger partial charge < -0.3 is 9.84 Å². The molecule has 0 aliphatic heterocycles. The highest BCUT2D eigenvalue weighted by atomic mass is 19.1. The van der Waals surface area contributed by atoms with Gasteiger partial charge in [-0.2, -0.15) is 4.98 Å². The molecule has 1 aliphatic rings. The molecule has 0 bridgehead atoms. The van der Waals surface area contributed by atoms with Gasteiger partial charge in [0.05, 0.1) is 5.69 Å². The van der Waals surface area contributed by atoms with Crippen LogP contribution in [0.25, 0.3) is 17.0 Å². The molecule has 3 aromatic heterocycles. The lowest BCUT2D eigenvalue weighted by Crippen LogP contribution is -1.95. The highest BCUT2D eigenvalue weighted by Gasteiger charge is 2.24. The minimum Gasteiger partial charge on any atom is -0.337 e. The molecule has 0 saturated heterocycles. The smallest absolute Gasteiger partial charge is 0.267 e. The van der Waals surface area contributed by atoms with E-state index in [0.717, 1.165) is 0 Å². The molecule has 8 heteroatoms. The fourth-order valence-corrected chi connectivity index (χ4v) is 3.11. The number of fused-ring (bicyclic) bond motifs is 1. The van der Waals surface area contributed by atoms with E-state index in [9.17, 15) is 4.39 Å². The maximum absolute atomic E-state index is 14.5. The molecule has 1 fully saturated rings. The summed E-state index contributed by atoms with van der Waals surface area (Å²) in [5, 5.41) is 6.95. The van der Waals surface area contributed by atoms with Gasteiger partial charge in [-0.15, -0.1) is 0 Å². The third-order valence-electron chi connectivity index (χ3n) is 4.81. The van der Waals surface area contributed by atoms with E-state index in [2.05, 4.69) is 25.4 Å². The molecule has 1 saturated carbocycles. The molecule has 5 rings (SSSR count). The number of anilines is 2. The van der Waals surface area contributed by atoms with Crippen LogP contribution in [0.15, 0.2) is 41.3 Å². The van der Waals surface area contributed by atoms with Gasteiger partial charge in [-0.05, 0) is 47.7 Å². The second-order valence-corrected chi connectivity index (χ2v) is 7.43. The molecular weight excluding hydrogens is 359 g/mol. The minimum absolute atomic E-state index is 0.137. The van der Waals surface area contributed by atoms with Gasteiger partial charge in [0.2, 0.25) is 11.7 Å². The summed E-state index contributed by atoms with van der Waals surface area (Å²) in [5.41, 5.74) is 2.76. The van der Waals surface area contributed by atoms with E-state index in [4.69, 9.17) is 4.52 Å². The van der Waals surface area contributed by atoms with E-state index in [1.807, 2.05) is 36.8 Å². The quantitative estimate of drug-likeness (QED) is 0.544. The Kier molecular flexibility index (Phi) is 3.85. The van der Waals surface area contributed by atoms with Crippen LogP contribution in [0.4, 0.5) is 16.0 Å². The summed E-state index contributed by atoms with van der Waals surface area (Å²) in [6.07, 6.45) is 8.10. The fourth-order valence-electron chi connectivity index (χ4n) is 3.11. The molecule has 1 N–H and O–H groups in total. The van der Waals surface area contributed by atoms with E-state index in [1.165, 1.54) is 24.5 Å². The van der Waals surface area contributed by atoms with Crippen molar-refractivity contribution in [2.24, 2.45) is 0 Å². The Morgan fingerprint density at radius 3 is 2.82 bits per heavy atom. The molecule has 142 valence electrons. The van der Waals surface area contributed by atoms with Crippen molar-refractivity contribution < 1.29 is 8.91 Å². The summed E-state index contributed by atoms with van der Waals surface area (Å²) in [6.45, 7) is 3.94. The van der Waals surface area contributed by atoms with Crippen molar-refractivity contribution in [2.75, 3.05) is 5.32 Å².